The maximum absolute atomic E-state index is 14.3. The number of benzene rings is 1. The lowest BCUT2D eigenvalue weighted by Gasteiger charge is -2.39. The average Bonchev–Trinajstić information content (AvgIpc) is 3.46. The van der Waals surface area contributed by atoms with Gasteiger partial charge in [-0.3, -0.25) is 14.4 Å². The highest BCUT2D eigenvalue weighted by atomic mass is 32.2. The highest BCUT2D eigenvalue weighted by Gasteiger charge is 2.77. The number of hydrogen-bond acceptors (Lipinski definition) is 5. The smallest absolute Gasteiger partial charge is 0.247 e. The van der Waals surface area contributed by atoms with Gasteiger partial charge in [0, 0.05) is 43.6 Å². The van der Waals surface area contributed by atoms with Gasteiger partial charge in [-0.1, -0.05) is 42.5 Å². The molecule has 3 fully saturated rings. The van der Waals surface area contributed by atoms with Gasteiger partial charge in [0.2, 0.25) is 17.7 Å². The van der Waals surface area contributed by atoms with Gasteiger partial charge >= 0.3 is 0 Å². The van der Waals surface area contributed by atoms with E-state index < -0.39 is 27.4 Å². The van der Waals surface area contributed by atoms with Crippen LogP contribution in [0.1, 0.15) is 45.6 Å². The Morgan fingerprint density at radius 1 is 1.16 bits per heavy atom. The Morgan fingerprint density at radius 3 is 2.45 bits per heavy atom. The third-order valence-corrected chi connectivity index (χ3v) is 10.4. The third-order valence-electron chi connectivity index (χ3n) is 8.44. The zero-order chi connectivity index (χ0) is 27.7. The number of carbonyl (C=O) groups is 3. The van der Waals surface area contributed by atoms with Crippen LogP contribution in [0.15, 0.2) is 55.6 Å². The third kappa shape index (κ3) is 4.70. The Kier molecular flexibility index (Phi) is 8.43. The highest BCUT2D eigenvalue weighted by Crippen LogP contribution is 2.71. The second-order valence-corrected chi connectivity index (χ2v) is 13.1. The summed E-state index contributed by atoms with van der Waals surface area (Å²) in [6.07, 6.45) is 5.31. The Labute approximate surface area is 230 Å². The molecule has 0 saturated carbocycles. The molecule has 3 saturated heterocycles. The summed E-state index contributed by atoms with van der Waals surface area (Å²) in [6, 6.07) is 9.12. The molecule has 1 spiro atoms. The van der Waals surface area contributed by atoms with E-state index in [1.807, 2.05) is 44.2 Å². The Morgan fingerprint density at radius 2 is 1.84 bits per heavy atom. The minimum absolute atomic E-state index is 0.0503. The molecule has 1 aromatic rings. The van der Waals surface area contributed by atoms with Crippen LogP contribution >= 0.6 is 11.8 Å². The number of fused-ring (bicyclic) bond motifs is 1. The van der Waals surface area contributed by atoms with Crippen molar-refractivity contribution in [2.24, 2.45) is 11.8 Å². The quantitative estimate of drug-likeness (QED) is 0.412. The van der Waals surface area contributed by atoms with Crippen molar-refractivity contribution in [1.82, 2.24) is 14.7 Å². The van der Waals surface area contributed by atoms with E-state index in [2.05, 4.69) is 20.1 Å². The molecule has 38 heavy (non-hydrogen) atoms. The van der Waals surface area contributed by atoms with E-state index in [1.54, 1.807) is 38.6 Å². The van der Waals surface area contributed by atoms with Gasteiger partial charge in [0.15, 0.2) is 0 Å². The standard InChI is InChI=1S/C30H41N3O4S/c1-6-16-31(20-22-12-9-8-10-13-22)26(35)23-24-27(36)33(18-11-19-34)25(28(37)32(17-7-2)21(3)4)30(24)15-14-29(23,5)38-30/h6-10,12-13,21,23-25,34H,1-2,11,14-20H2,3-5H3/t23-,24+,25?,29+,30?/m1/s1. The van der Waals surface area contributed by atoms with Gasteiger partial charge in [0.25, 0.3) is 0 Å². The first-order valence-corrected chi connectivity index (χ1v) is 14.4. The number of likely N-dealkylation sites (tertiary alicyclic amines) is 1. The van der Waals surface area contributed by atoms with Crippen molar-refractivity contribution in [3.63, 3.8) is 0 Å². The zero-order valence-electron chi connectivity index (χ0n) is 22.8. The minimum atomic E-state index is -0.667. The second kappa shape index (κ2) is 11.3. The van der Waals surface area contributed by atoms with E-state index in [4.69, 9.17) is 0 Å². The van der Waals surface area contributed by atoms with Crippen LogP contribution in [0, 0.1) is 11.8 Å². The van der Waals surface area contributed by atoms with Crippen molar-refractivity contribution in [3.8, 4) is 0 Å². The SMILES string of the molecule is C=CCN(Cc1ccccc1)C(=O)[C@H]1[C@H]2C(=O)N(CCCO)C(C(=O)N(CC=C)C(C)C)C23CC[C@]1(C)S3. The zero-order valence-corrected chi connectivity index (χ0v) is 23.7. The Balaban J connectivity index is 1.74. The van der Waals surface area contributed by atoms with Crippen molar-refractivity contribution >= 4 is 29.5 Å². The number of rotatable bonds is 12. The van der Waals surface area contributed by atoms with Crippen molar-refractivity contribution in [2.75, 3.05) is 26.2 Å². The van der Waals surface area contributed by atoms with E-state index in [0.29, 0.717) is 39.0 Å². The molecule has 3 aliphatic rings. The molecule has 3 heterocycles. The monoisotopic (exact) mass is 539 g/mol. The van der Waals surface area contributed by atoms with Gasteiger partial charge in [-0.05, 0) is 45.6 Å². The number of thioether (sulfide) groups is 1. The molecular formula is C30H41N3O4S. The molecule has 4 rings (SSSR count). The largest absolute Gasteiger partial charge is 0.396 e. The molecule has 2 bridgehead atoms. The molecule has 1 N–H and O–H groups in total. The number of nitrogens with zero attached hydrogens (tertiary/aromatic N) is 3. The number of hydrogen-bond donors (Lipinski definition) is 1. The Bertz CT molecular complexity index is 1080. The molecule has 0 aliphatic carbocycles. The highest BCUT2D eigenvalue weighted by molar-refractivity contribution is 8.02. The summed E-state index contributed by atoms with van der Waals surface area (Å²) in [6.45, 7) is 15.2. The van der Waals surface area contributed by atoms with E-state index in [1.165, 1.54) is 0 Å². The molecule has 5 atom stereocenters. The average molecular weight is 540 g/mol. The van der Waals surface area contributed by atoms with Crippen LogP contribution in [0.25, 0.3) is 0 Å². The van der Waals surface area contributed by atoms with Crippen LogP contribution in [0.2, 0.25) is 0 Å². The lowest BCUT2D eigenvalue weighted by atomic mass is 9.66. The number of carbonyl (C=O) groups excluding carboxylic acids is 3. The van der Waals surface area contributed by atoms with Crippen LogP contribution < -0.4 is 0 Å². The summed E-state index contributed by atoms with van der Waals surface area (Å²) in [4.78, 5) is 47.9. The molecule has 2 unspecified atom stereocenters. The molecule has 8 heteroatoms. The summed E-state index contributed by atoms with van der Waals surface area (Å²) in [7, 11) is 0. The Hall–Kier alpha value is -2.58. The normalized spacial score (nSPS) is 29.4. The fourth-order valence-electron chi connectivity index (χ4n) is 6.80. The number of amides is 3. The molecule has 0 aromatic heterocycles. The predicted molar refractivity (Wildman–Crippen MR) is 151 cm³/mol. The van der Waals surface area contributed by atoms with Crippen LogP contribution in [-0.4, -0.2) is 85.3 Å². The van der Waals surface area contributed by atoms with E-state index in [-0.39, 0.29) is 30.4 Å². The van der Waals surface area contributed by atoms with E-state index in [9.17, 15) is 19.5 Å². The number of aliphatic hydroxyl groups excluding tert-OH is 1. The molecule has 3 amide bonds. The van der Waals surface area contributed by atoms with Crippen LogP contribution in [0.5, 0.6) is 0 Å². The minimum Gasteiger partial charge on any atom is -0.396 e. The fraction of sp³-hybridized carbons (Fsp3) is 0.567. The first-order valence-electron chi connectivity index (χ1n) is 13.6. The van der Waals surface area contributed by atoms with Crippen LogP contribution in [-0.2, 0) is 20.9 Å². The van der Waals surface area contributed by atoms with Gasteiger partial charge in [0.05, 0.1) is 16.6 Å². The number of aliphatic hydroxyl groups is 1. The van der Waals surface area contributed by atoms with Gasteiger partial charge in [-0.2, -0.15) is 0 Å². The maximum atomic E-state index is 14.3. The summed E-state index contributed by atoms with van der Waals surface area (Å²) in [5.74, 6) is -1.38. The summed E-state index contributed by atoms with van der Waals surface area (Å²) in [5, 5.41) is 9.58. The van der Waals surface area contributed by atoms with Crippen LogP contribution in [0.3, 0.4) is 0 Å². The molecule has 0 radical (unpaired) electrons. The van der Waals surface area contributed by atoms with Crippen LogP contribution in [0.4, 0.5) is 0 Å². The summed E-state index contributed by atoms with van der Waals surface area (Å²) >= 11 is 1.68. The lowest BCUT2D eigenvalue weighted by molar-refractivity contribution is -0.146. The first-order chi connectivity index (χ1) is 18.1. The molecular weight excluding hydrogens is 498 g/mol. The second-order valence-electron chi connectivity index (χ2n) is 11.2. The van der Waals surface area contributed by atoms with Gasteiger partial charge in [0.1, 0.15) is 6.04 Å². The van der Waals surface area contributed by atoms with Crippen molar-refractivity contribution in [3.05, 3.63) is 61.2 Å². The van der Waals surface area contributed by atoms with Crippen molar-refractivity contribution in [1.29, 1.82) is 0 Å². The molecule has 1 aromatic carbocycles. The molecule has 206 valence electrons. The van der Waals surface area contributed by atoms with Gasteiger partial charge in [-0.15, -0.1) is 24.9 Å². The summed E-state index contributed by atoms with van der Waals surface area (Å²) < 4.78 is -1.10. The van der Waals surface area contributed by atoms with Crippen molar-refractivity contribution < 1.29 is 19.5 Å². The predicted octanol–water partition coefficient (Wildman–Crippen LogP) is 3.49. The lowest BCUT2D eigenvalue weighted by Crippen LogP contribution is -2.56. The van der Waals surface area contributed by atoms with E-state index >= 15 is 0 Å². The van der Waals surface area contributed by atoms with Gasteiger partial charge in [-0.25, -0.2) is 0 Å². The molecule has 3 aliphatic heterocycles. The maximum Gasteiger partial charge on any atom is 0.247 e. The first kappa shape index (κ1) is 28.4. The van der Waals surface area contributed by atoms with Gasteiger partial charge < -0.3 is 19.8 Å². The summed E-state index contributed by atoms with van der Waals surface area (Å²) in [5.41, 5.74) is 1.02. The fourth-order valence-corrected chi connectivity index (χ4v) is 9.15. The topological polar surface area (TPSA) is 81.2 Å². The van der Waals surface area contributed by atoms with Crippen molar-refractivity contribution in [2.45, 2.75) is 68.2 Å². The molecule has 7 nitrogen and oxygen atoms in total. The van der Waals surface area contributed by atoms with E-state index in [0.717, 1.165) is 12.0 Å².